The summed E-state index contributed by atoms with van der Waals surface area (Å²) in [5, 5.41) is 20.7. The van der Waals surface area contributed by atoms with Gasteiger partial charge in [-0.3, -0.25) is 0 Å². The summed E-state index contributed by atoms with van der Waals surface area (Å²) in [7, 11) is 1.49. The molecule has 0 radical (unpaired) electrons. The van der Waals surface area contributed by atoms with Crippen LogP contribution in [0.15, 0.2) is 6.33 Å². The SMILES string of the molecule is CCCn1ncnc1Cn1nnc(C(=O)O)c1COC. The number of aromatic nitrogens is 6. The van der Waals surface area contributed by atoms with E-state index in [2.05, 4.69) is 20.4 Å². The van der Waals surface area contributed by atoms with Gasteiger partial charge in [-0.05, 0) is 6.42 Å². The molecule has 0 saturated heterocycles. The second-order valence-electron chi connectivity index (χ2n) is 4.18. The summed E-state index contributed by atoms with van der Waals surface area (Å²) >= 11 is 0. The molecule has 0 saturated carbocycles. The molecule has 0 aromatic carbocycles. The van der Waals surface area contributed by atoms with Crippen molar-refractivity contribution in [1.29, 1.82) is 0 Å². The summed E-state index contributed by atoms with van der Waals surface area (Å²) in [6.07, 6.45) is 2.40. The number of nitrogens with zero attached hydrogens (tertiary/aromatic N) is 6. The first-order valence-corrected chi connectivity index (χ1v) is 6.18. The Hall–Kier alpha value is -2.29. The van der Waals surface area contributed by atoms with Gasteiger partial charge in [-0.15, -0.1) is 5.10 Å². The first-order chi connectivity index (χ1) is 9.67. The highest BCUT2D eigenvalue weighted by atomic mass is 16.5. The molecule has 0 bridgehead atoms. The van der Waals surface area contributed by atoms with Gasteiger partial charge in [0.25, 0.3) is 0 Å². The molecule has 9 nitrogen and oxygen atoms in total. The summed E-state index contributed by atoms with van der Waals surface area (Å²) in [6.45, 7) is 3.21. The van der Waals surface area contributed by atoms with Crippen molar-refractivity contribution in [3.63, 3.8) is 0 Å². The number of carboxylic acids is 1. The third-order valence-electron chi connectivity index (χ3n) is 2.74. The minimum absolute atomic E-state index is 0.103. The third kappa shape index (κ3) is 2.82. The minimum Gasteiger partial charge on any atom is -0.476 e. The summed E-state index contributed by atoms with van der Waals surface area (Å²) in [4.78, 5) is 15.2. The van der Waals surface area contributed by atoms with Gasteiger partial charge in [0.15, 0.2) is 5.69 Å². The van der Waals surface area contributed by atoms with Crippen LogP contribution in [0.2, 0.25) is 0 Å². The van der Waals surface area contributed by atoms with E-state index in [1.807, 2.05) is 6.92 Å². The second-order valence-corrected chi connectivity index (χ2v) is 4.18. The van der Waals surface area contributed by atoms with Crippen LogP contribution in [0.25, 0.3) is 0 Å². The molecule has 2 heterocycles. The standard InChI is InChI=1S/C11H16N6O3/c1-3-4-16-9(12-7-13-16)5-17-8(6-20-2)10(11(18)19)14-15-17/h7H,3-6H2,1-2H3,(H,18,19). The summed E-state index contributed by atoms with van der Waals surface area (Å²) in [5.74, 6) is -0.427. The maximum Gasteiger partial charge on any atom is 0.358 e. The molecule has 0 unspecified atom stereocenters. The van der Waals surface area contributed by atoms with Gasteiger partial charge in [-0.25, -0.2) is 19.1 Å². The zero-order chi connectivity index (χ0) is 14.5. The van der Waals surface area contributed by atoms with Gasteiger partial charge in [0.1, 0.15) is 18.7 Å². The van der Waals surface area contributed by atoms with Crippen LogP contribution in [-0.4, -0.2) is 47.9 Å². The fraction of sp³-hybridized carbons (Fsp3) is 0.545. The van der Waals surface area contributed by atoms with E-state index in [0.29, 0.717) is 18.1 Å². The molecule has 0 amide bonds. The highest BCUT2D eigenvalue weighted by molar-refractivity contribution is 5.86. The number of hydrogen-bond donors (Lipinski definition) is 1. The number of carboxylic acid groups (broad SMARTS) is 1. The van der Waals surface area contributed by atoms with Crippen molar-refractivity contribution in [3.8, 4) is 0 Å². The van der Waals surface area contributed by atoms with Crippen LogP contribution >= 0.6 is 0 Å². The lowest BCUT2D eigenvalue weighted by atomic mass is 10.3. The van der Waals surface area contributed by atoms with Crippen molar-refractivity contribution >= 4 is 5.97 Å². The predicted octanol–water partition coefficient (Wildman–Crippen LogP) is 0.173. The Bertz CT molecular complexity index is 591. The van der Waals surface area contributed by atoms with Crippen LogP contribution < -0.4 is 0 Å². The van der Waals surface area contributed by atoms with Crippen LogP contribution in [0.1, 0.15) is 35.4 Å². The van der Waals surface area contributed by atoms with Crippen LogP contribution in [0, 0.1) is 0 Å². The van der Waals surface area contributed by atoms with Gasteiger partial charge < -0.3 is 9.84 Å². The summed E-state index contributed by atoms with van der Waals surface area (Å²) in [6, 6.07) is 0. The molecule has 1 N–H and O–H groups in total. The summed E-state index contributed by atoms with van der Waals surface area (Å²) < 4.78 is 8.25. The van der Waals surface area contributed by atoms with E-state index in [1.165, 1.54) is 18.1 Å². The van der Waals surface area contributed by atoms with Gasteiger partial charge in [-0.1, -0.05) is 12.1 Å². The zero-order valence-corrected chi connectivity index (χ0v) is 11.4. The normalized spacial score (nSPS) is 10.9. The quantitative estimate of drug-likeness (QED) is 0.770. The number of aromatic carboxylic acids is 1. The predicted molar refractivity (Wildman–Crippen MR) is 67.1 cm³/mol. The molecule has 2 aromatic heterocycles. The van der Waals surface area contributed by atoms with Crippen molar-refractivity contribution in [2.24, 2.45) is 0 Å². The van der Waals surface area contributed by atoms with E-state index in [0.717, 1.165) is 13.0 Å². The van der Waals surface area contributed by atoms with E-state index in [-0.39, 0.29) is 12.3 Å². The highest BCUT2D eigenvalue weighted by Crippen LogP contribution is 2.09. The molecular formula is C11H16N6O3. The fourth-order valence-corrected chi connectivity index (χ4v) is 1.85. The molecular weight excluding hydrogens is 264 g/mol. The minimum atomic E-state index is -1.13. The monoisotopic (exact) mass is 280 g/mol. The van der Waals surface area contributed by atoms with E-state index < -0.39 is 5.97 Å². The molecule has 0 aliphatic rings. The molecule has 0 spiro atoms. The molecule has 2 aromatic rings. The van der Waals surface area contributed by atoms with Crippen LogP contribution in [-0.2, 0) is 24.4 Å². The number of hydrogen-bond acceptors (Lipinski definition) is 6. The van der Waals surface area contributed by atoms with Gasteiger partial charge in [0.2, 0.25) is 0 Å². The number of carbonyl (C=O) groups is 1. The zero-order valence-electron chi connectivity index (χ0n) is 11.4. The first-order valence-electron chi connectivity index (χ1n) is 6.18. The van der Waals surface area contributed by atoms with E-state index >= 15 is 0 Å². The number of aryl methyl sites for hydroxylation is 1. The maximum absolute atomic E-state index is 11.1. The number of ether oxygens (including phenoxy) is 1. The Balaban J connectivity index is 2.28. The first kappa shape index (κ1) is 14.1. The Morgan fingerprint density at radius 2 is 2.25 bits per heavy atom. The smallest absolute Gasteiger partial charge is 0.358 e. The van der Waals surface area contributed by atoms with Crippen LogP contribution in [0.3, 0.4) is 0 Å². The molecule has 0 atom stereocenters. The lowest BCUT2D eigenvalue weighted by molar-refractivity contribution is 0.0684. The average Bonchev–Trinajstić information content (AvgIpc) is 3.00. The van der Waals surface area contributed by atoms with Crippen molar-refractivity contribution in [3.05, 3.63) is 23.5 Å². The Morgan fingerprint density at radius 3 is 2.90 bits per heavy atom. The molecule has 0 aliphatic carbocycles. The van der Waals surface area contributed by atoms with Crippen LogP contribution in [0.5, 0.6) is 0 Å². The fourth-order valence-electron chi connectivity index (χ4n) is 1.85. The molecule has 0 fully saturated rings. The van der Waals surface area contributed by atoms with Gasteiger partial charge >= 0.3 is 5.97 Å². The Kier molecular flexibility index (Phi) is 4.41. The summed E-state index contributed by atoms with van der Waals surface area (Å²) in [5.41, 5.74) is 0.305. The van der Waals surface area contributed by atoms with Crippen molar-refractivity contribution in [2.75, 3.05) is 7.11 Å². The lowest BCUT2D eigenvalue weighted by Gasteiger charge is -2.07. The van der Waals surface area contributed by atoms with E-state index in [9.17, 15) is 4.79 Å². The maximum atomic E-state index is 11.1. The van der Waals surface area contributed by atoms with Crippen molar-refractivity contribution in [1.82, 2.24) is 29.8 Å². The number of methoxy groups -OCH3 is 1. The number of rotatable bonds is 7. The van der Waals surface area contributed by atoms with E-state index in [4.69, 9.17) is 9.84 Å². The van der Waals surface area contributed by atoms with Gasteiger partial charge in [0, 0.05) is 13.7 Å². The third-order valence-corrected chi connectivity index (χ3v) is 2.74. The van der Waals surface area contributed by atoms with Gasteiger partial charge in [-0.2, -0.15) is 5.10 Å². The van der Waals surface area contributed by atoms with Crippen molar-refractivity contribution < 1.29 is 14.6 Å². The van der Waals surface area contributed by atoms with E-state index in [1.54, 1.807) is 4.68 Å². The van der Waals surface area contributed by atoms with Crippen molar-refractivity contribution in [2.45, 2.75) is 33.0 Å². The highest BCUT2D eigenvalue weighted by Gasteiger charge is 2.20. The second kappa shape index (κ2) is 6.24. The Labute approximate surface area is 115 Å². The average molecular weight is 280 g/mol. The molecule has 0 aliphatic heterocycles. The van der Waals surface area contributed by atoms with Crippen LogP contribution in [0.4, 0.5) is 0 Å². The Morgan fingerprint density at radius 1 is 1.45 bits per heavy atom. The largest absolute Gasteiger partial charge is 0.476 e. The topological polar surface area (TPSA) is 108 Å². The molecule has 9 heteroatoms. The molecule has 108 valence electrons. The molecule has 20 heavy (non-hydrogen) atoms. The molecule has 2 rings (SSSR count). The van der Waals surface area contributed by atoms with Gasteiger partial charge in [0.05, 0.1) is 12.3 Å². The lowest BCUT2D eigenvalue weighted by Crippen LogP contribution is -2.14.